The molecule has 11 heteroatoms. The maximum atomic E-state index is 12.6. The Morgan fingerprint density at radius 2 is 1.57 bits per heavy atom. The van der Waals surface area contributed by atoms with Crippen molar-refractivity contribution in [2.45, 2.75) is 24.3 Å². The fourth-order valence-corrected chi connectivity index (χ4v) is 4.37. The topological polar surface area (TPSA) is 124 Å². The Hall–Kier alpha value is -2.81. The summed E-state index contributed by atoms with van der Waals surface area (Å²) in [6, 6.07) is 7.73. The molecule has 2 aromatic rings. The standard InChI is InChI=1S/C19H23N7O3S/c20-13-15-3-5-16(6-4-15)30(27,28)21-14-17-22-18(25-7-1-2-8-25)24-19(23-17)26-9-11-29-12-10-26/h3-6,21H,1-2,7-12,14H2. The van der Waals surface area contributed by atoms with Crippen molar-refractivity contribution >= 4 is 21.9 Å². The maximum absolute atomic E-state index is 12.6. The van der Waals surface area contributed by atoms with Crippen LogP contribution in [0.5, 0.6) is 0 Å². The van der Waals surface area contributed by atoms with Gasteiger partial charge >= 0.3 is 0 Å². The number of rotatable bonds is 6. The van der Waals surface area contributed by atoms with Crippen LogP contribution in [-0.4, -0.2) is 62.8 Å². The van der Waals surface area contributed by atoms with Gasteiger partial charge in [0.2, 0.25) is 21.9 Å². The molecule has 158 valence electrons. The largest absolute Gasteiger partial charge is 0.378 e. The summed E-state index contributed by atoms with van der Waals surface area (Å²) in [6.07, 6.45) is 2.17. The molecule has 0 bridgehead atoms. The van der Waals surface area contributed by atoms with E-state index in [4.69, 9.17) is 10.00 Å². The number of hydrogen-bond donors (Lipinski definition) is 1. The molecule has 0 aliphatic carbocycles. The zero-order valence-corrected chi connectivity index (χ0v) is 17.3. The molecule has 4 rings (SSSR count). The number of benzene rings is 1. The number of sulfonamides is 1. The molecule has 10 nitrogen and oxygen atoms in total. The van der Waals surface area contributed by atoms with Crippen LogP contribution in [0.3, 0.4) is 0 Å². The summed E-state index contributed by atoms with van der Waals surface area (Å²) in [5, 5.41) is 8.88. The normalized spacial score (nSPS) is 17.2. The number of ether oxygens (including phenoxy) is 1. The molecule has 0 unspecified atom stereocenters. The lowest BCUT2D eigenvalue weighted by Crippen LogP contribution is -2.38. The van der Waals surface area contributed by atoms with Crippen LogP contribution in [0.1, 0.15) is 24.2 Å². The van der Waals surface area contributed by atoms with Gasteiger partial charge in [0.25, 0.3) is 0 Å². The average molecular weight is 430 g/mol. The Bertz CT molecular complexity index is 1030. The highest BCUT2D eigenvalue weighted by Crippen LogP contribution is 2.20. The van der Waals surface area contributed by atoms with Crippen molar-refractivity contribution in [3.8, 4) is 6.07 Å². The molecule has 0 atom stereocenters. The molecule has 0 amide bonds. The van der Waals surface area contributed by atoms with Crippen molar-refractivity contribution in [1.29, 1.82) is 5.26 Å². The molecule has 30 heavy (non-hydrogen) atoms. The molecule has 2 saturated heterocycles. The van der Waals surface area contributed by atoms with E-state index < -0.39 is 10.0 Å². The number of nitrogens with zero attached hydrogens (tertiary/aromatic N) is 6. The van der Waals surface area contributed by atoms with E-state index in [0.717, 1.165) is 25.9 Å². The monoisotopic (exact) mass is 429 g/mol. The molecule has 2 fully saturated rings. The predicted octanol–water partition coefficient (Wildman–Crippen LogP) is 0.659. The van der Waals surface area contributed by atoms with E-state index in [0.29, 0.717) is 49.6 Å². The highest BCUT2D eigenvalue weighted by molar-refractivity contribution is 7.89. The van der Waals surface area contributed by atoms with Gasteiger partial charge in [-0.2, -0.15) is 20.2 Å². The first-order valence-electron chi connectivity index (χ1n) is 9.87. The molecule has 1 N–H and O–H groups in total. The Kier molecular flexibility index (Phi) is 6.08. The van der Waals surface area contributed by atoms with E-state index in [1.54, 1.807) is 0 Å². The lowest BCUT2D eigenvalue weighted by Gasteiger charge is -2.28. The van der Waals surface area contributed by atoms with Gasteiger partial charge in [0.1, 0.15) is 0 Å². The molecule has 0 spiro atoms. The summed E-state index contributed by atoms with van der Waals surface area (Å²) >= 11 is 0. The van der Waals surface area contributed by atoms with Crippen LogP contribution >= 0.6 is 0 Å². The summed E-state index contributed by atoms with van der Waals surface area (Å²) in [5.41, 5.74) is 0.400. The van der Waals surface area contributed by atoms with Crippen molar-refractivity contribution in [2.24, 2.45) is 0 Å². The van der Waals surface area contributed by atoms with Crippen LogP contribution in [0.15, 0.2) is 29.2 Å². The number of anilines is 2. The zero-order valence-electron chi connectivity index (χ0n) is 16.5. The van der Waals surface area contributed by atoms with E-state index >= 15 is 0 Å². The number of morpholine rings is 1. The van der Waals surface area contributed by atoms with Gasteiger partial charge in [-0.25, -0.2) is 13.1 Å². The lowest BCUT2D eigenvalue weighted by atomic mass is 10.2. The fraction of sp³-hybridized carbons (Fsp3) is 0.474. The summed E-state index contributed by atoms with van der Waals surface area (Å²) in [4.78, 5) is 17.9. The summed E-state index contributed by atoms with van der Waals surface area (Å²) in [6.45, 7) is 4.27. The van der Waals surface area contributed by atoms with Crippen LogP contribution in [0, 0.1) is 11.3 Å². The van der Waals surface area contributed by atoms with Crippen molar-refractivity contribution in [2.75, 3.05) is 49.2 Å². The third-order valence-electron chi connectivity index (χ3n) is 5.05. The van der Waals surface area contributed by atoms with Crippen LogP contribution in [-0.2, 0) is 21.3 Å². The van der Waals surface area contributed by atoms with Crippen LogP contribution in [0.25, 0.3) is 0 Å². The van der Waals surface area contributed by atoms with Gasteiger partial charge in [-0.3, -0.25) is 0 Å². The van der Waals surface area contributed by atoms with Crippen molar-refractivity contribution < 1.29 is 13.2 Å². The number of aromatic nitrogens is 3. The second-order valence-corrected chi connectivity index (χ2v) is 8.87. The summed E-state index contributed by atoms with van der Waals surface area (Å²) < 4.78 is 33.2. The van der Waals surface area contributed by atoms with E-state index in [2.05, 4.69) is 24.6 Å². The predicted molar refractivity (Wildman–Crippen MR) is 109 cm³/mol. The molecule has 2 aliphatic heterocycles. The second-order valence-electron chi connectivity index (χ2n) is 7.11. The molecule has 3 heterocycles. The highest BCUT2D eigenvalue weighted by Gasteiger charge is 2.22. The Labute approximate surface area is 175 Å². The van der Waals surface area contributed by atoms with E-state index in [1.807, 2.05) is 11.0 Å². The van der Waals surface area contributed by atoms with Gasteiger partial charge in [-0.15, -0.1) is 0 Å². The third kappa shape index (κ3) is 4.67. The van der Waals surface area contributed by atoms with E-state index in [9.17, 15) is 8.42 Å². The smallest absolute Gasteiger partial charge is 0.240 e. The van der Waals surface area contributed by atoms with Crippen molar-refractivity contribution in [1.82, 2.24) is 19.7 Å². The minimum Gasteiger partial charge on any atom is -0.378 e. The second kappa shape index (κ2) is 8.91. The molecule has 2 aliphatic rings. The first kappa shape index (κ1) is 20.5. The van der Waals surface area contributed by atoms with E-state index in [1.165, 1.54) is 24.3 Å². The zero-order chi connectivity index (χ0) is 21.0. The van der Waals surface area contributed by atoms with Gasteiger partial charge in [0, 0.05) is 26.2 Å². The number of nitrogens with one attached hydrogen (secondary N) is 1. The molecule has 0 radical (unpaired) electrons. The van der Waals surface area contributed by atoms with Crippen molar-refractivity contribution in [3.05, 3.63) is 35.7 Å². The minimum atomic E-state index is -3.76. The molecular formula is C19H23N7O3S. The minimum absolute atomic E-state index is 0.0525. The van der Waals surface area contributed by atoms with Gasteiger partial charge in [-0.1, -0.05) is 0 Å². The van der Waals surface area contributed by atoms with Gasteiger partial charge < -0.3 is 14.5 Å². The van der Waals surface area contributed by atoms with Crippen LogP contribution in [0.2, 0.25) is 0 Å². The lowest BCUT2D eigenvalue weighted by molar-refractivity contribution is 0.122. The van der Waals surface area contributed by atoms with Gasteiger partial charge in [-0.05, 0) is 37.1 Å². The number of nitriles is 1. The molecule has 0 saturated carbocycles. The maximum Gasteiger partial charge on any atom is 0.240 e. The Morgan fingerprint density at radius 1 is 0.967 bits per heavy atom. The SMILES string of the molecule is N#Cc1ccc(S(=O)(=O)NCc2nc(N3CCCC3)nc(N3CCOCC3)n2)cc1. The third-order valence-corrected chi connectivity index (χ3v) is 6.47. The van der Waals surface area contributed by atoms with Gasteiger partial charge in [0.05, 0.1) is 36.3 Å². The van der Waals surface area contributed by atoms with Gasteiger partial charge in [0.15, 0.2) is 5.82 Å². The molecule has 1 aromatic heterocycles. The first-order chi connectivity index (χ1) is 14.5. The van der Waals surface area contributed by atoms with Crippen LogP contribution in [0.4, 0.5) is 11.9 Å². The van der Waals surface area contributed by atoms with Crippen LogP contribution < -0.4 is 14.5 Å². The Morgan fingerprint density at radius 3 is 2.17 bits per heavy atom. The quantitative estimate of drug-likeness (QED) is 0.705. The molecular weight excluding hydrogens is 406 g/mol. The first-order valence-corrected chi connectivity index (χ1v) is 11.4. The van der Waals surface area contributed by atoms with Crippen molar-refractivity contribution in [3.63, 3.8) is 0 Å². The highest BCUT2D eigenvalue weighted by atomic mass is 32.2. The fourth-order valence-electron chi connectivity index (χ4n) is 3.39. The van der Waals surface area contributed by atoms with E-state index in [-0.39, 0.29) is 11.4 Å². The average Bonchev–Trinajstić information content (AvgIpc) is 3.33. The summed E-state index contributed by atoms with van der Waals surface area (Å²) in [7, 11) is -3.76. The number of hydrogen-bond acceptors (Lipinski definition) is 9. The molecule has 1 aromatic carbocycles. The summed E-state index contributed by atoms with van der Waals surface area (Å²) in [5.74, 6) is 1.49. The Balaban J connectivity index is 1.55.